The van der Waals surface area contributed by atoms with Crippen LogP contribution in [-0.2, 0) is 9.05 Å². The molecule has 0 atom stereocenters. The summed E-state index contributed by atoms with van der Waals surface area (Å²) in [6.45, 7) is -0.0634. The van der Waals surface area contributed by atoms with Crippen molar-refractivity contribution in [3.63, 3.8) is 0 Å². The van der Waals surface area contributed by atoms with Gasteiger partial charge in [-0.25, -0.2) is 8.42 Å². The number of rotatable bonds is 4. The maximum atomic E-state index is 11.3. The molecule has 0 aliphatic carbocycles. The first-order valence-electron chi connectivity index (χ1n) is 4.16. The van der Waals surface area contributed by atoms with Crippen LogP contribution in [-0.4, -0.2) is 15.0 Å². The molecular formula is C9H6Cl4O3S. The fourth-order valence-corrected chi connectivity index (χ4v) is 2.32. The summed E-state index contributed by atoms with van der Waals surface area (Å²) in [5, 5.41) is 0.454. The Morgan fingerprint density at radius 2 is 2.06 bits per heavy atom. The molecule has 0 spiro atoms. The first kappa shape index (κ1) is 14.9. The first-order chi connectivity index (χ1) is 7.84. The SMILES string of the molecule is O=S(=O)(Cl)c1cc(Cl)ccc1OC/C(Cl)=C\Cl. The number of benzene rings is 1. The van der Waals surface area contributed by atoms with E-state index in [4.69, 9.17) is 50.2 Å². The van der Waals surface area contributed by atoms with E-state index in [1.54, 1.807) is 0 Å². The van der Waals surface area contributed by atoms with Crippen LogP contribution in [0, 0.1) is 0 Å². The number of ether oxygens (including phenoxy) is 1. The van der Waals surface area contributed by atoms with Gasteiger partial charge in [0.15, 0.2) is 0 Å². The molecule has 0 saturated carbocycles. The van der Waals surface area contributed by atoms with E-state index in [9.17, 15) is 8.42 Å². The highest BCUT2D eigenvalue weighted by molar-refractivity contribution is 8.13. The summed E-state index contributed by atoms with van der Waals surface area (Å²) in [5.74, 6) is 0.0565. The van der Waals surface area contributed by atoms with Crippen molar-refractivity contribution in [3.8, 4) is 5.75 Å². The first-order valence-corrected chi connectivity index (χ1v) is 7.66. The molecule has 1 aromatic rings. The normalized spacial score (nSPS) is 12.6. The van der Waals surface area contributed by atoms with Crippen molar-refractivity contribution in [2.24, 2.45) is 0 Å². The fraction of sp³-hybridized carbons (Fsp3) is 0.111. The van der Waals surface area contributed by atoms with Crippen molar-refractivity contribution < 1.29 is 13.2 Å². The molecule has 0 saturated heterocycles. The number of halogens is 4. The van der Waals surface area contributed by atoms with Crippen LogP contribution >= 0.6 is 45.5 Å². The third-order valence-electron chi connectivity index (χ3n) is 1.65. The van der Waals surface area contributed by atoms with Crippen LogP contribution in [0.15, 0.2) is 33.7 Å². The molecule has 0 aromatic heterocycles. The molecule has 0 unspecified atom stereocenters. The Kier molecular flexibility index (Phi) is 5.41. The van der Waals surface area contributed by atoms with E-state index in [1.807, 2.05) is 0 Å². The molecule has 0 heterocycles. The van der Waals surface area contributed by atoms with Crippen LogP contribution < -0.4 is 4.74 Å². The Bertz CT molecular complexity index is 539. The Morgan fingerprint density at radius 3 is 2.59 bits per heavy atom. The minimum atomic E-state index is -3.94. The van der Waals surface area contributed by atoms with E-state index < -0.39 is 9.05 Å². The van der Waals surface area contributed by atoms with Crippen molar-refractivity contribution in [1.82, 2.24) is 0 Å². The summed E-state index contributed by atoms with van der Waals surface area (Å²) >= 11 is 16.6. The van der Waals surface area contributed by atoms with Gasteiger partial charge in [-0.2, -0.15) is 0 Å². The molecule has 0 radical (unpaired) electrons. The standard InChI is InChI=1S/C9H6Cl4O3S/c10-4-7(12)5-16-8-2-1-6(11)3-9(8)17(13,14)15/h1-4H,5H2/b7-4+. The molecule has 3 nitrogen and oxygen atoms in total. The molecule has 17 heavy (non-hydrogen) atoms. The van der Waals surface area contributed by atoms with Crippen molar-refractivity contribution in [1.29, 1.82) is 0 Å². The second-order valence-electron chi connectivity index (χ2n) is 2.87. The van der Waals surface area contributed by atoms with Crippen LogP contribution in [0.1, 0.15) is 0 Å². The maximum absolute atomic E-state index is 11.3. The third-order valence-corrected chi connectivity index (χ3v) is 3.82. The molecule has 0 amide bonds. The molecular weight excluding hydrogens is 330 g/mol. The van der Waals surface area contributed by atoms with Gasteiger partial charge in [-0.3, -0.25) is 0 Å². The molecule has 0 bridgehead atoms. The largest absolute Gasteiger partial charge is 0.487 e. The molecule has 0 aliphatic rings. The van der Waals surface area contributed by atoms with Gasteiger partial charge in [-0.05, 0) is 18.2 Å². The lowest BCUT2D eigenvalue weighted by Crippen LogP contribution is -2.02. The van der Waals surface area contributed by atoms with Crippen molar-refractivity contribution >= 4 is 54.5 Å². The molecule has 0 fully saturated rings. The van der Waals surface area contributed by atoms with E-state index in [1.165, 1.54) is 18.2 Å². The predicted octanol–water partition coefficient (Wildman–Crippen LogP) is 3.97. The van der Waals surface area contributed by atoms with Gasteiger partial charge in [0.2, 0.25) is 0 Å². The highest BCUT2D eigenvalue weighted by atomic mass is 35.7. The maximum Gasteiger partial charge on any atom is 0.265 e. The zero-order chi connectivity index (χ0) is 13.1. The number of hydrogen-bond acceptors (Lipinski definition) is 3. The van der Waals surface area contributed by atoms with Crippen LogP contribution in [0.3, 0.4) is 0 Å². The summed E-state index contributed by atoms with van der Waals surface area (Å²) in [5.41, 5.74) is 1.12. The Labute approximate surface area is 118 Å². The lowest BCUT2D eigenvalue weighted by atomic mass is 10.3. The van der Waals surface area contributed by atoms with Crippen molar-refractivity contribution in [3.05, 3.63) is 33.8 Å². The number of hydrogen-bond donors (Lipinski definition) is 0. The Balaban J connectivity index is 3.08. The molecule has 1 aromatic carbocycles. The topological polar surface area (TPSA) is 43.4 Å². The van der Waals surface area contributed by atoms with E-state index in [0.29, 0.717) is 0 Å². The Morgan fingerprint density at radius 1 is 1.41 bits per heavy atom. The minimum absolute atomic E-state index is 0.0565. The molecule has 0 N–H and O–H groups in total. The zero-order valence-corrected chi connectivity index (χ0v) is 12.0. The summed E-state index contributed by atoms with van der Waals surface area (Å²) < 4.78 is 27.7. The van der Waals surface area contributed by atoms with E-state index in [-0.39, 0.29) is 27.3 Å². The van der Waals surface area contributed by atoms with E-state index in [0.717, 1.165) is 5.54 Å². The second-order valence-corrected chi connectivity index (χ2v) is 6.55. The van der Waals surface area contributed by atoms with Crippen LogP contribution in [0.2, 0.25) is 5.02 Å². The molecule has 8 heteroatoms. The molecule has 0 aliphatic heterocycles. The van der Waals surface area contributed by atoms with Crippen LogP contribution in [0.25, 0.3) is 0 Å². The van der Waals surface area contributed by atoms with Crippen molar-refractivity contribution in [2.75, 3.05) is 6.61 Å². The predicted molar refractivity (Wildman–Crippen MR) is 69.8 cm³/mol. The quantitative estimate of drug-likeness (QED) is 0.782. The molecule has 94 valence electrons. The summed E-state index contributed by atoms with van der Waals surface area (Å²) in [7, 11) is 1.30. The minimum Gasteiger partial charge on any atom is -0.487 e. The average Bonchev–Trinajstić information content (AvgIpc) is 2.25. The average molecular weight is 336 g/mol. The monoisotopic (exact) mass is 334 g/mol. The lowest BCUT2D eigenvalue weighted by molar-refractivity contribution is 0.350. The van der Waals surface area contributed by atoms with Gasteiger partial charge in [0.1, 0.15) is 17.3 Å². The summed E-state index contributed by atoms with van der Waals surface area (Å²) in [4.78, 5) is -0.217. The van der Waals surface area contributed by atoms with Gasteiger partial charge in [-0.1, -0.05) is 34.8 Å². The summed E-state index contributed by atoms with van der Waals surface area (Å²) in [6.07, 6.45) is 0. The fourth-order valence-electron chi connectivity index (χ4n) is 0.970. The summed E-state index contributed by atoms with van der Waals surface area (Å²) in [6, 6.07) is 4.05. The van der Waals surface area contributed by atoms with Crippen LogP contribution in [0.5, 0.6) is 5.75 Å². The molecule has 1 rings (SSSR count). The Hall–Kier alpha value is -0.130. The van der Waals surface area contributed by atoms with Crippen LogP contribution in [0.4, 0.5) is 0 Å². The third kappa shape index (κ3) is 4.56. The van der Waals surface area contributed by atoms with Gasteiger partial charge in [0.25, 0.3) is 9.05 Å². The highest BCUT2D eigenvalue weighted by Gasteiger charge is 2.17. The van der Waals surface area contributed by atoms with Gasteiger partial charge in [0, 0.05) is 21.2 Å². The van der Waals surface area contributed by atoms with Gasteiger partial charge in [-0.15, -0.1) is 0 Å². The van der Waals surface area contributed by atoms with Gasteiger partial charge >= 0.3 is 0 Å². The van der Waals surface area contributed by atoms with Gasteiger partial charge < -0.3 is 4.74 Å². The lowest BCUT2D eigenvalue weighted by Gasteiger charge is -2.09. The van der Waals surface area contributed by atoms with E-state index >= 15 is 0 Å². The smallest absolute Gasteiger partial charge is 0.265 e. The van der Waals surface area contributed by atoms with Crippen molar-refractivity contribution in [2.45, 2.75) is 4.90 Å². The second kappa shape index (κ2) is 6.16. The zero-order valence-electron chi connectivity index (χ0n) is 8.16. The van der Waals surface area contributed by atoms with E-state index in [2.05, 4.69) is 0 Å². The highest BCUT2D eigenvalue weighted by Crippen LogP contribution is 2.30. The van der Waals surface area contributed by atoms with Gasteiger partial charge in [0.05, 0.1) is 5.03 Å².